The standard InChI is InChI=1S/C32H26F3N5O5/c1-36-31(41)27-13-23(34)19(14-37-27)16-45-30-4-2-3-25(39-30)21-12-22(33)18(9-24(21)35)11-29-38-26-6-5-17(32(42)43)10-28(26)40(29)15-20-7-8-44-20/h2-6,9-10,12-14,20H,7-8,11,15-16H2,1H3,(H,36,41)(H,42,43). The van der Waals surface area contributed by atoms with Crippen LogP contribution in [0.1, 0.15) is 44.2 Å². The lowest BCUT2D eigenvalue weighted by atomic mass is 10.0. The number of rotatable bonds is 10. The first-order valence-electron chi connectivity index (χ1n) is 14.0. The Morgan fingerprint density at radius 1 is 1.04 bits per heavy atom. The van der Waals surface area contributed by atoms with Crippen molar-refractivity contribution < 1.29 is 37.3 Å². The second-order valence-corrected chi connectivity index (χ2v) is 10.4. The van der Waals surface area contributed by atoms with E-state index in [-0.39, 0.29) is 58.7 Å². The van der Waals surface area contributed by atoms with Gasteiger partial charge in [-0.1, -0.05) is 6.07 Å². The van der Waals surface area contributed by atoms with E-state index < -0.39 is 29.3 Å². The first kappa shape index (κ1) is 29.8. The van der Waals surface area contributed by atoms with Gasteiger partial charge in [0.05, 0.1) is 34.9 Å². The molecule has 0 bridgehead atoms. The fraction of sp³-hybridized carbons (Fsp3) is 0.219. The molecule has 1 fully saturated rings. The van der Waals surface area contributed by atoms with Gasteiger partial charge >= 0.3 is 5.97 Å². The number of carboxylic acids is 1. The molecule has 0 spiro atoms. The molecule has 0 saturated carbocycles. The Balaban J connectivity index is 1.24. The van der Waals surface area contributed by atoms with E-state index in [0.29, 0.717) is 30.0 Å². The normalized spacial score (nSPS) is 14.3. The van der Waals surface area contributed by atoms with Crippen LogP contribution in [-0.2, 0) is 24.3 Å². The molecule has 1 unspecified atom stereocenters. The smallest absolute Gasteiger partial charge is 0.335 e. The van der Waals surface area contributed by atoms with Crippen molar-refractivity contribution in [3.63, 3.8) is 0 Å². The third-order valence-corrected chi connectivity index (χ3v) is 7.50. The highest BCUT2D eigenvalue weighted by Gasteiger charge is 2.24. The van der Waals surface area contributed by atoms with Gasteiger partial charge in [0.2, 0.25) is 5.88 Å². The quantitative estimate of drug-likeness (QED) is 0.226. The number of carbonyl (C=O) groups excluding carboxylic acids is 1. The maximum absolute atomic E-state index is 15.5. The summed E-state index contributed by atoms with van der Waals surface area (Å²) in [7, 11) is 1.41. The van der Waals surface area contributed by atoms with E-state index in [1.54, 1.807) is 16.7 Å². The van der Waals surface area contributed by atoms with Gasteiger partial charge in [-0.3, -0.25) is 9.78 Å². The number of hydrogen-bond donors (Lipinski definition) is 2. The summed E-state index contributed by atoms with van der Waals surface area (Å²) in [6.07, 6.45) is 1.85. The molecule has 13 heteroatoms. The Bertz CT molecular complexity index is 1940. The number of aromatic carboxylic acids is 1. The van der Waals surface area contributed by atoms with E-state index in [0.717, 1.165) is 24.6 Å². The van der Waals surface area contributed by atoms with Gasteiger partial charge in [-0.2, -0.15) is 0 Å². The fourth-order valence-electron chi connectivity index (χ4n) is 4.98. The summed E-state index contributed by atoms with van der Waals surface area (Å²) in [5, 5.41) is 11.8. The lowest BCUT2D eigenvalue weighted by molar-refractivity contribution is -0.0589. The molecule has 0 radical (unpaired) electrons. The predicted octanol–water partition coefficient (Wildman–Crippen LogP) is 4.93. The van der Waals surface area contributed by atoms with Crippen molar-refractivity contribution in [2.45, 2.75) is 32.1 Å². The van der Waals surface area contributed by atoms with Crippen LogP contribution in [0.5, 0.6) is 5.88 Å². The predicted molar refractivity (Wildman–Crippen MR) is 155 cm³/mol. The molecule has 2 N–H and O–H groups in total. The SMILES string of the molecule is CNC(=O)c1cc(F)c(COc2cccc(-c3cc(F)c(Cc4nc5ccc(C(=O)O)cc5n4CC4CCO4)cc3F)n2)cn1. The number of carbonyl (C=O) groups is 2. The molecule has 1 saturated heterocycles. The Labute approximate surface area is 254 Å². The maximum Gasteiger partial charge on any atom is 0.335 e. The van der Waals surface area contributed by atoms with Gasteiger partial charge < -0.3 is 24.5 Å². The van der Waals surface area contributed by atoms with Gasteiger partial charge in [-0.15, -0.1) is 0 Å². The summed E-state index contributed by atoms with van der Waals surface area (Å²) in [5.41, 5.74) is 1.22. The molecule has 4 heterocycles. The van der Waals surface area contributed by atoms with Gasteiger partial charge in [-0.05, 0) is 48.4 Å². The zero-order chi connectivity index (χ0) is 31.7. The van der Waals surface area contributed by atoms with Crippen LogP contribution in [0.25, 0.3) is 22.3 Å². The van der Waals surface area contributed by atoms with Crippen molar-refractivity contribution in [3.8, 4) is 17.1 Å². The molecule has 5 aromatic rings. The molecular formula is C32H26F3N5O5. The van der Waals surface area contributed by atoms with E-state index >= 15 is 8.78 Å². The van der Waals surface area contributed by atoms with Crippen molar-refractivity contribution in [1.82, 2.24) is 24.8 Å². The molecular weight excluding hydrogens is 591 g/mol. The number of benzene rings is 2. The summed E-state index contributed by atoms with van der Waals surface area (Å²) in [6.45, 7) is 0.751. The first-order chi connectivity index (χ1) is 21.7. The minimum absolute atomic E-state index is 0.0406. The van der Waals surface area contributed by atoms with Gasteiger partial charge in [-0.25, -0.2) is 27.9 Å². The van der Waals surface area contributed by atoms with Crippen molar-refractivity contribution in [2.24, 2.45) is 0 Å². The minimum atomic E-state index is -1.08. The third kappa shape index (κ3) is 6.20. The number of carboxylic acid groups (broad SMARTS) is 1. The van der Waals surface area contributed by atoms with Crippen LogP contribution < -0.4 is 10.1 Å². The van der Waals surface area contributed by atoms with E-state index in [1.807, 2.05) is 0 Å². The summed E-state index contributed by atoms with van der Waals surface area (Å²) in [5.74, 6) is -3.25. The number of nitrogens with one attached hydrogen (secondary N) is 1. The largest absolute Gasteiger partial charge is 0.478 e. The lowest BCUT2D eigenvalue weighted by Crippen LogP contribution is -2.31. The molecule has 6 rings (SSSR count). The average Bonchev–Trinajstić information content (AvgIpc) is 3.35. The van der Waals surface area contributed by atoms with Crippen LogP contribution in [-0.4, -0.2) is 56.3 Å². The van der Waals surface area contributed by atoms with Crippen molar-refractivity contribution in [3.05, 3.63) is 106 Å². The average molecular weight is 618 g/mol. The summed E-state index contributed by atoms with van der Waals surface area (Å²) >= 11 is 0. The second kappa shape index (κ2) is 12.4. The highest BCUT2D eigenvalue weighted by molar-refractivity contribution is 5.93. The molecule has 10 nitrogen and oxygen atoms in total. The number of halogens is 3. The monoisotopic (exact) mass is 617 g/mol. The lowest BCUT2D eigenvalue weighted by Gasteiger charge is -2.27. The Kier molecular flexibility index (Phi) is 8.18. The topological polar surface area (TPSA) is 128 Å². The maximum atomic E-state index is 15.5. The molecule has 2 aromatic carbocycles. The zero-order valence-corrected chi connectivity index (χ0v) is 23.9. The molecule has 1 amide bonds. The van der Waals surface area contributed by atoms with Crippen LogP contribution in [0.2, 0.25) is 0 Å². The highest BCUT2D eigenvalue weighted by Crippen LogP contribution is 2.29. The number of nitrogens with zero attached hydrogens (tertiary/aromatic N) is 4. The molecule has 45 heavy (non-hydrogen) atoms. The third-order valence-electron chi connectivity index (χ3n) is 7.50. The Morgan fingerprint density at radius 3 is 2.56 bits per heavy atom. The fourth-order valence-corrected chi connectivity index (χ4v) is 4.98. The zero-order valence-electron chi connectivity index (χ0n) is 23.9. The van der Waals surface area contributed by atoms with Gasteiger partial charge in [0.25, 0.3) is 5.91 Å². The summed E-state index contributed by atoms with van der Waals surface area (Å²) in [4.78, 5) is 36.0. The molecule has 1 aliphatic heterocycles. The van der Waals surface area contributed by atoms with Crippen LogP contribution >= 0.6 is 0 Å². The molecule has 230 valence electrons. The Hall–Kier alpha value is -5.30. The van der Waals surface area contributed by atoms with E-state index in [1.165, 1.54) is 37.5 Å². The van der Waals surface area contributed by atoms with Gasteiger partial charge in [0, 0.05) is 49.5 Å². The first-order valence-corrected chi connectivity index (χ1v) is 14.0. The summed E-state index contributed by atoms with van der Waals surface area (Å²) < 4.78 is 58.3. The van der Waals surface area contributed by atoms with Gasteiger partial charge in [0.1, 0.15) is 35.6 Å². The number of amides is 1. The number of hydrogen-bond acceptors (Lipinski definition) is 7. The van der Waals surface area contributed by atoms with E-state index in [9.17, 15) is 19.1 Å². The van der Waals surface area contributed by atoms with Gasteiger partial charge in [0.15, 0.2) is 0 Å². The highest BCUT2D eigenvalue weighted by atomic mass is 19.1. The second-order valence-electron chi connectivity index (χ2n) is 10.4. The molecule has 0 aliphatic carbocycles. The molecule has 3 aromatic heterocycles. The van der Waals surface area contributed by atoms with Crippen LogP contribution in [0.4, 0.5) is 13.2 Å². The van der Waals surface area contributed by atoms with Crippen molar-refractivity contribution >= 4 is 22.9 Å². The summed E-state index contributed by atoms with van der Waals surface area (Å²) in [6, 6.07) is 12.2. The van der Waals surface area contributed by atoms with E-state index in [4.69, 9.17) is 9.47 Å². The van der Waals surface area contributed by atoms with E-state index in [2.05, 4.69) is 20.3 Å². The number of ether oxygens (including phenoxy) is 2. The number of pyridine rings is 2. The molecule has 1 aliphatic rings. The minimum Gasteiger partial charge on any atom is -0.478 e. The van der Waals surface area contributed by atoms with Crippen molar-refractivity contribution in [2.75, 3.05) is 13.7 Å². The van der Waals surface area contributed by atoms with Crippen LogP contribution in [0.3, 0.4) is 0 Å². The van der Waals surface area contributed by atoms with Crippen molar-refractivity contribution in [1.29, 1.82) is 0 Å². The van der Waals surface area contributed by atoms with Crippen LogP contribution in [0, 0.1) is 17.5 Å². The number of imidazole rings is 1. The number of fused-ring (bicyclic) bond motifs is 1. The number of aromatic nitrogens is 4. The van der Waals surface area contributed by atoms with Crippen LogP contribution in [0.15, 0.2) is 60.8 Å². The Morgan fingerprint density at radius 2 is 1.84 bits per heavy atom. The molecule has 1 atom stereocenters.